The van der Waals surface area contributed by atoms with Gasteiger partial charge >= 0.3 is 12.1 Å². The number of ether oxygens (including phenoxy) is 1. The Kier molecular flexibility index (Phi) is 4.24. The lowest BCUT2D eigenvalue weighted by atomic mass is 9.97. The Labute approximate surface area is 151 Å². The van der Waals surface area contributed by atoms with E-state index >= 15 is 0 Å². The summed E-state index contributed by atoms with van der Waals surface area (Å²) >= 11 is 0. The van der Waals surface area contributed by atoms with Gasteiger partial charge in [0.2, 0.25) is 0 Å². The Morgan fingerprint density at radius 2 is 2.23 bits per heavy atom. The van der Waals surface area contributed by atoms with Gasteiger partial charge < -0.3 is 15.0 Å². The lowest BCUT2D eigenvalue weighted by Gasteiger charge is -2.31. The van der Waals surface area contributed by atoms with Gasteiger partial charge in [-0.05, 0) is 23.6 Å². The molecule has 3 amide bonds. The maximum Gasteiger partial charge on any atom is 0.414 e. The number of aromatic nitrogens is 2. The molecule has 0 atom stereocenters. The monoisotopic (exact) mass is 355 g/mol. The molecule has 0 aliphatic carbocycles. The van der Waals surface area contributed by atoms with Crippen LogP contribution in [-0.2, 0) is 31.3 Å². The van der Waals surface area contributed by atoms with Crippen molar-refractivity contribution in [1.29, 1.82) is 0 Å². The molecule has 1 fully saturated rings. The van der Waals surface area contributed by atoms with Crippen molar-refractivity contribution in [2.75, 3.05) is 24.6 Å². The summed E-state index contributed by atoms with van der Waals surface area (Å²) in [5.74, 6) is 0. The molecule has 0 bridgehead atoms. The van der Waals surface area contributed by atoms with Crippen LogP contribution in [0.1, 0.15) is 16.7 Å². The van der Waals surface area contributed by atoms with Gasteiger partial charge in [0.25, 0.3) is 0 Å². The lowest BCUT2D eigenvalue weighted by Crippen LogP contribution is -2.42. The minimum atomic E-state index is -0.296. The maximum absolute atomic E-state index is 12.5. The Bertz CT molecular complexity index is 847. The van der Waals surface area contributed by atoms with Crippen molar-refractivity contribution in [1.82, 2.24) is 20.0 Å². The number of hydrogen-bond acceptors (Lipinski definition) is 4. The Morgan fingerprint density at radius 1 is 1.35 bits per heavy atom. The molecule has 2 aliphatic rings. The number of amides is 3. The number of urea groups is 1. The van der Waals surface area contributed by atoms with Crippen LogP contribution in [0.15, 0.2) is 30.6 Å². The lowest BCUT2D eigenvalue weighted by molar-refractivity contribution is 0.180. The summed E-state index contributed by atoms with van der Waals surface area (Å²) in [6, 6.07) is 5.80. The highest BCUT2D eigenvalue weighted by molar-refractivity contribution is 5.90. The van der Waals surface area contributed by atoms with E-state index in [4.69, 9.17) is 4.74 Å². The molecule has 8 nitrogen and oxygen atoms in total. The van der Waals surface area contributed by atoms with Crippen LogP contribution in [0.2, 0.25) is 0 Å². The first kappa shape index (κ1) is 16.4. The molecule has 2 aliphatic heterocycles. The summed E-state index contributed by atoms with van der Waals surface area (Å²) in [7, 11) is 1.85. The molecule has 0 spiro atoms. The Hall–Kier alpha value is -3.03. The fourth-order valence-electron chi connectivity index (χ4n) is 3.48. The van der Waals surface area contributed by atoms with E-state index in [0.717, 1.165) is 28.8 Å². The number of fused-ring (bicyclic) bond motifs is 1. The summed E-state index contributed by atoms with van der Waals surface area (Å²) in [5, 5.41) is 7.04. The number of cyclic esters (lactones) is 1. The molecule has 0 saturated carbocycles. The molecule has 1 aromatic carbocycles. The van der Waals surface area contributed by atoms with E-state index in [2.05, 4.69) is 10.4 Å². The first-order valence-corrected chi connectivity index (χ1v) is 8.67. The van der Waals surface area contributed by atoms with Crippen molar-refractivity contribution < 1.29 is 14.3 Å². The van der Waals surface area contributed by atoms with Crippen molar-refractivity contribution in [3.8, 4) is 0 Å². The van der Waals surface area contributed by atoms with Gasteiger partial charge in [-0.3, -0.25) is 9.58 Å². The molecule has 0 radical (unpaired) electrons. The molecule has 4 rings (SSSR count). The van der Waals surface area contributed by atoms with E-state index in [1.165, 1.54) is 0 Å². The van der Waals surface area contributed by atoms with E-state index in [1.54, 1.807) is 20.7 Å². The predicted molar refractivity (Wildman–Crippen MR) is 94.7 cm³/mol. The highest BCUT2D eigenvalue weighted by Crippen LogP contribution is 2.30. The third-order valence-electron chi connectivity index (χ3n) is 4.78. The summed E-state index contributed by atoms with van der Waals surface area (Å²) in [6.45, 7) is 2.60. The normalized spacial score (nSPS) is 16.4. The average Bonchev–Trinajstić information content (AvgIpc) is 3.26. The largest absolute Gasteiger partial charge is 0.447 e. The van der Waals surface area contributed by atoms with Gasteiger partial charge in [-0.1, -0.05) is 12.1 Å². The third kappa shape index (κ3) is 3.10. The van der Waals surface area contributed by atoms with Crippen LogP contribution in [0.25, 0.3) is 0 Å². The predicted octanol–water partition coefficient (Wildman–Crippen LogP) is 1.64. The van der Waals surface area contributed by atoms with Gasteiger partial charge in [0.15, 0.2) is 0 Å². The number of anilines is 1. The van der Waals surface area contributed by atoms with Crippen molar-refractivity contribution >= 4 is 17.8 Å². The van der Waals surface area contributed by atoms with Gasteiger partial charge in [-0.25, -0.2) is 9.59 Å². The molecule has 136 valence electrons. The molecule has 1 N–H and O–H groups in total. The van der Waals surface area contributed by atoms with E-state index < -0.39 is 0 Å². The van der Waals surface area contributed by atoms with Crippen LogP contribution < -0.4 is 10.2 Å². The first-order valence-electron chi connectivity index (χ1n) is 8.67. The molecular weight excluding hydrogens is 334 g/mol. The van der Waals surface area contributed by atoms with Gasteiger partial charge in [0.05, 0.1) is 18.4 Å². The minimum absolute atomic E-state index is 0.0921. The first-order chi connectivity index (χ1) is 12.6. The summed E-state index contributed by atoms with van der Waals surface area (Å²) in [6.07, 6.45) is 4.05. The number of benzene rings is 1. The van der Waals surface area contributed by atoms with Crippen molar-refractivity contribution in [2.45, 2.75) is 19.5 Å². The molecular formula is C18H21N5O3. The van der Waals surface area contributed by atoms with Crippen LogP contribution in [0.4, 0.5) is 15.3 Å². The van der Waals surface area contributed by atoms with E-state index in [0.29, 0.717) is 32.8 Å². The van der Waals surface area contributed by atoms with Gasteiger partial charge in [0.1, 0.15) is 6.61 Å². The number of rotatable bonds is 3. The highest BCUT2D eigenvalue weighted by Gasteiger charge is 2.29. The minimum Gasteiger partial charge on any atom is -0.447 e. The van der Waals surface area contributed by atoms with E-state index in [9.17, 15) is 9.59 Å². The van der Waals surface area contributed by atoms with Crippen LogP contribution in [0.5, 0.6) is 0 Å². The maximum atomic E-state index is 12.5. The van der Waals surface area contributed by atoms with Gasteiger partial charge in [-0.2, -0.15) is 5.10 Å². The molecule has 8 heteroatoms. The van der Waals surface area contributed by atoms with Gasteiger partial charge in [-0.15, -0.1) is 0 Å². The van der Waals surface area contributed by atoms with E-state index in [-0.39, 0.29) is 12.1 Å². The van der Waals surface area contributed by atoms with Crippen molar-refractivity contribution in [3.63, 3.8) is 0 Å². The number of nitrogens with one attached hydrogen (secondary N) is 1. The number of aryl methyl sites for hydroxylation is 1. The summed E-state index contributed by atoms with van der Waals surface area (Å²) < 4.78 is 6.76. The summed E-state index contributed by atoms with van der Waals surface area (Å²) in [5.41, 5.74) is 4.07. The van der Waals surface area contributed by atoms with Crippen LogP contribution >= 0.6 is 0 Å². The van der Waals surface area contributed by atoms with Gasteiger partial charge in [0, 0.05) is 38.4 Å². The Morgan fingerprint density at radius 3 is 2.96 bits per heavy atom. The Balaban J connectivity index is 1.44. The standard InChI is InChI=1S/C18H21N5O3/c1-21-11-13(10-20-21)9-19-17(24)22-6-5-15-14(12-22)3-2-4-16(15)23-7-8-26-18(23)25/h2-4,10-11H,5-9,12H2,1H3,(H,19,24). The average molecular weight is 355 g/mol. The second kappa shape index (κ2) is 6.70. The highest BCUT2D eigenvalue weighted by atomic mass is 16.6. The van der Waals surface area contributed by atoms with Crippen LogP contribution in [0, 0.1) is 0 Å². The number of hydrogen-bond donors (Lipinski definition) is 1. The molecule has 1 saturated heterocycles. The van der Waals surface area contributed by atoms with Crippen LogP contribution in [-0.4, -0.2) is 46.5 Å². The second-order valence-electron chi connectivity index (χ2n) is 6.53. The number of nitrogens with zero attached hydrogens (tertiary/aromatic N) is 4. The smallest absolute Gasteiger partial charge is 0.414 e. The fourth-order valence-corrected chi connectivity index (χ4v) is 3.48. The van der Waals surface area contributed by atoms with Crippen molar-refractivity contribution in [2.24, 2.45) is 7.05 Å². The SMILES string of the molecule is Cn1cc(CNC(=O)N2CCc3c(cccc3N3CCOC3=O)C2)cn1. The van der Waals surface area contributed by atoms with Crippen molar-refractivity contribution in [3.05, 3.63) is 47.3 Å². The zero-order chi connectivity index (χ0) is 18.1. The van der Waals surface area contributed by atoms with E-state index in [1.807, 2.05) is 31.4 Å². The number of carbonyl (C=O) groups is 2. The third-order valence-corrected chi connectivity index (χ3v) is 4.78. The fraction of sp³-hybridized carbons (Fsp3) is 0.389. The van der Waals surface area contributed by atoms with Crippen LogP contribution in [0.3, 0.4) is 0 Å². The summed E-state index contributed by atoms with van der Waals surface area (Å²) in [4.78, 5) is 27.8. The molecule has 1 aromatic heterocycles. The quantitative estimate of drug-likeness (QED) is 0.908. The molecule has 0 unspecified atom stereocenters. The number of carbonyl (C=O) groups excluding carboxylic acids is 2. The zero-order valence-corrected chi connectivity index (χ0v) is 14.6. The molecule has 2 aromatic rings. The molecule has 26 heavy (non-hydrogen) atoms. The topological polar surface area (TPSA) is 79.7 Å². The zero-order valence-electron chi connectivity index (χ0n) is 14.6. The second-order valence-corrected chi connectivity index (χ2v) is 6.53. The molecule has 3 heterocycles.